The molecule has 2 aromatic rings. The topological polar surface area (TPSA) is 95.9 Å². The third-order valence-electron chi connectivity index (χ3n) is 4.12. The highest BCUT2D eigenvalue weighted by molar-refractivity contribution is 5.99. The zero-order chi connectivity index (χ0) is 19.4. The van der Waals surface area contributed by atoms with Crippen LogP contribution in [0.5, 0.6) is 5.75 Å². The van der Waals surface area contributed by atoms with Crippen LogP contribution in [-0.4, -0.2) is 36.0 Å². The number of ether oxygens (including phenoxy) is 1. The zero-order valence-electron chi connectivity index (χ0n) is 14.2. The van der Waals surface area contributed by atoms with Crippen LogP contribution in [0.15, 0.2) is 48.5 Å². The summed E-state index contributed by atoms with van der Waals surface area (Å²) >= 11 is 0. The van der Waals surface area contributed by atoms with Crippen LogP contribution in [0.25, 0.3) is 0 Å². The predicted octanol–water partition coefficient (Wildman–Crippen LogP) is 2.28. The first-order chi connectivity index (χ1) is 12.9. The Morgan fingerprint density at radius 3 is 2.41 bits per heavy atom. The van der Waals surface area contributed by atoms with Crippen LogP contribution in [0.2, 0.25) is 0 Å². The van der Waals surface area contributed by atoms with Crippen LogP contribution in [0.3, 0.4) is 0 Å². The number of hydrogen-bond acceptors (Lipinski definition) is 4. The smallest absolute Gasteiger partial charge is 0.308 e. The average Bonchev–Trinajstić information content (AvgIpc) is 3.04. The number of halogens is 1. The van der Waals surface area contributed by atoms with E-state index in [4.69, 9.17) is 9.84 Å². The van der Waals surface area contributed by atoms with Crippen molar-refractivity contribution in [2.75, 3.05) is 23.4 Å². The Morgan fingerprint density at radius 1 is 1.15 bits per heavy atom. The van der Waals surface area contributed by atoms with Crippen LogP contribution in [-0.2, 0) is 14.4 Å². The minimum Gasteiger partial charge on any atom is -0.484 e. The summed E-state index contributed by atoms with van der Waals surface area (Å²) in [5.74, 6) is -2.30. The van der Waals surface area contributed by atoms with Gasteiger partial charge in [0.1, 0.15) is 11.6 Å². The number of amides is 2. The van der Waals surface area contributed by atoms with Crippen molar-refractivity contribution in [3.05, 3.63) is 54.3 Å². The first-order valence-corrected chi connectivity index (χ1v) is 8.24. The van der Waals surface area contributed by atoms with Gasteiger partial charge in [0.2, 0.25) is 5.91 Å². The molecule has 1 aliphatic rings. The molecule has 3 rings (SSSR count). The minimum absolute atomic E-state index is 0.0167. The number of aliphatic carboxylic acids is 1. The molecule has 27 heavy (non-hydrogen) atoms. The van der Waals surface area contributed by atoms with Crippen molar-refractivity contribution in [1.82, 2.24) is 0 Å². The van der Waals surface area contributed by atoms with E-state index in [-0.39, 0.29) is 25.5 Å². The molecule has 2 N–H and O–H groups in total. The fraction of sp³-hybridized carbons (Fsp3) is 0.211. The van der Waals surface area contributed by atoms with Gasteiger partial charge in [-0.1, -0.05) is 0 Å². The molecule has 0 spiro atoms. The number of carboxylic acids is 1. The summed E-state index contributed by atoms with van der Waals surface area (Å²) in [6.45, 7) is -0.102. The van der Waals surface area contributed by atoms with Gasteiger partial charge in [-0.3, -0.25) is 14.4 Å². The normalized spacial score (nSPS) is 16.3. The molecular formula is C19H17FN2O5. The van der Waals surface area contributed by atoms with Gasteiger partial charge in [0.05, 0.1) is 5.92 Å². The van der Waals surface area contributed by atoms with E-state index >= 15 is 0 Å². The van der Waals surface area contributed by atoms with E-state index in [9.17, 15) is 18.8 Å². The third-order valence-corrected chi connectivity index (χ3v) is 4.12. The summed E-state index contributed by atoms with van der Waals surface area (Å²) in [7, 11) is 0. The average molecular weight is 372 g/mol. The summed E-state index contributed by atoms with van der Waals surface area (Å²) in [5, 5.41) is 11.6. The number of rotatable bonds is 6. The third kappa shape index (κ3) is 4.60. The molecule has 7 nitrogen and oxygen atoms in total. The maximum absolute atomic E-state index is 12.8. The predicted molar refractivity (Wildman–Crippen MR) is 95.1 cm³/mol. The Morgan fingerprint density at radius 2 is 1.81 bits per heavy atom. The first-order valence-electron chi connectivity index (χ1n) is 8.24. The quantitative estimate of drug-likeness (QED) is 0.811. The SMILES string of the molecule is O=C(COc1ccc(N2C[C@@H](C(=O)O)CC2=O)cc1)Nc1ccc(F)cc1. The Kier molecular flexibility index (Phi) is 5.35. The standard InChI is InChI=1S/C19H17FN2O5/c20-13-1-3-14(4-2-13)21-17(23)11-27-16-7-5-15(6-8-16)22-10-12(19(25)26)9-18(22)24/h1-8,12H,9-11H2,(H,21,23)(H,25,26)/t12-/m0/s1. The zero-order valence-corrected chi connectivity index (χ0v) is 14.2. The van der Waals surface area contributed by atoms with E-state index in [1.807, 2.05) is 0 Å². The number of carbonyl (C=O) groups is 3. The van der Waals surface area contributed by atoms with Crippen LogP contribution >= 0.6 is 0 Å². The largest absolute Gasteiger partial charge is 0.484 e. The van der Waals surface area contributed by atoms with Crippen molar-refractivity contribution < 1.29 is 28.6 Å². The fourth-order valence-electron chi connectivity index (χ4n) is 2.72. The van der Waals surface area contributed by atoms with E-state index in [0.29, 0.717) is 17.1 Å². The highest BCUT2D eigenvalue weighted by Gasteiger charge is 2.34. The maximum atomic E-state index is 12.8. The molecule has 2 amide bonds. The highest BCUT2D eigenvalue weighted by atomic mass is 19.1. The minimum atomic E-state index is -0.988. The number of benzene rings is 2. The molecule has 0 unspecified atom stereocenters. The molecule has 0 aromatic heterocycles. The Bertz CT molecular complexity index is 851. The van der Waals surface area contributed by atoms with E-state index in [0.717, 1.165) is 0 Å². The van der Waals surface area contributed by atoms with Crippen LogP contribution in [0.4, 0.5) is 15.8 Å². The molecule has 1 aliphatic heterocycles. The molecule has 140 valence electrons. The lowest BCUT2D eigenvalue weighted by molar-refractivity contribution is -0.141. The number of carboxylic acid groups (broad SMARTS) is 1. The van der Waals surface area contributed by atoms with Gasteiger partial charge >= 0.3 is 5.97 Å². The number of nitrogens with zero attached hydrogens (tertiary/aromatic N) is 1. The monoisotopic (exact) mass is 372 g/mol. The van der Waals surface area contributed by atoms with Crippen molar-refractivity contribution in [3.63, 3.8) is 0 Å². The van der Waals surface area contributed by atoms with E-state index in [1.54, 1.807) is 24.3 Å². The number of carbonyl (C=O) groups excluding carboxylic acids is 2. The molecule has 8 heteroatoms. The fourth-order valence-corrected chi connectivity index (χ4v) is 2.72. The van der Waals surface area contributed by atoms with Crippen molar-refractivity contribution >= 4 is 29.2 Å². The molecule has 0 saturated carbocycles. The Labute approximate surface area is 154 Å². The highest BCUT2D eigenvalue weighted by Crippen LogP contribution is 2.27. The van der Waals surface area contributed by atoms with Gasteiger partial charge < -0.3 is 20.1 Å². The summed E-state index contributed by atoms with van der Waals surface area (Å²) < 4.78 is 18.2. The van der Waals surface area contributed by atoms with Gasteiger partial charge in [-0.05, 0) is 48.5 Å². The van der Waals surface area contributed by atoms with E-state index < -0.39 is 23.6 Å². The molecule has 0 bridgehead atoms. The van der Waals surface area contributed by atoms with Gasteiger partial charge in [0.15, 0.2) is 6.61 Å². The first kappa shape index (κ1) is 18.4. The maximum Gasteiger partial charge on any atom is 0.308 e. The lowest BCUT2D eigenvalue weighted by Gasteiger charge is -2.16. The Hall–Kier alpha value is -3.42. The second kappa shape index (κ2) is 7.86. The summed E-state index contributed by atoms with van der Waals surface area (Å²) in [4.78, 5) is 36.2. The molecular weight excluding hydrogens is 355 g/mol. The van der Waals surface area contributed by atoms with Gasteiger partial charge in [-0.2, -0.15) is 0 Å². The van der Waals surface area contributed by atoms with Gasteiger partial charge in [0.25, 0.3) is 5.91 Å². The number of anilines is 2. The van der Waals surface area contributed by atoms with Crippen LogP contribution in [0, 0.1) is 11.7 Å². The lowest BCUT2D eigenvalue weighted by Crippen LogP contribution is -2.25. The van der Waals surface area contributed by atoms with Gasteiger partial charge in [-0.25, -0.2) is 4.39 Å². The summed E-state index contributed by atoms with van der Waals surface area (Å²) in [5.41, 5.74) is 1.03. The van der Waals surface area contributed by atoms with E-state index in [1.165, 1.54) is 29.2 Å². The second-order valence-electron chi connectivity index (χ2n) is 6.08. The Balaban J connectivity index is 1.53. The van der Waals surface area contributed by atoms with Crippen LogP contribution < -0.4 is 15.0 Å². The van der Waals surface area contributed by atoms with Crippen molar-refractivity contribution in [1.29, 1.82) is 0 Å². The van der Waals surface area contributed by atoms with Gasteiger partial charge in [-0.15, -0.1) is 0 Å². The summed E-state index contributed by atoms with van der Waals surface area (Å²) in [6, 6.07) is 11.8. The van der Waals surface area contributed by atoms with E-state index in [2.05, 4.69) is 5.32 Å². The molecule has 1 fully saturated rings. The summed E-state index contributed by atoms with van der Waals surface area (Å²) in [6.07, 6.45) is -0.0167. The van der Waals surface area contributed by atoms with Crippen molar-refractivity contribution in [2.24, 2.45) is 5.92 Å². The molecule has 1 heterocycles. The van der Waals surface area contributed by atoms with Gasteiger partial charge in [0, 0.05) is 24.3 Å². The molecule has 1 atom stereocenters. The number of hydrogen-bond donors (Lipinski definition) is 2. The molecule has 0 aliphatic carbocycles. The number of nitrogens with one attached hydrogen (secondary N) is 1. The van der Waals surface area contributed by atoms with Crippen molar-refractivity contribution in [2.45, 2.75) is 6.42 Å². The van der Waals surface area contributed by atoms with Crippen molar-refractivity contribution in [3.8, 4) is 5.75 Å². The second-order valence-corrected chi connectivity index (χ2v) is 6.08. The molecule has 2 aromatic carbocycles. The van der Waals surface area contributed by atoms with Crippen LogP contribution in [0.1, 0.15) is 6.42 Å². The molecule has 1 saturated heterocycles. The lowest BCUT2D eigenvalue weighted by atomic mass is 10.1. The molecule has 0 radical (unpaired) electrons.